The molecule has 6 nitrogen and oxygen atoms in total. The summed E-state index contributed by atoms with van der Waals surface area (Å²) in [5.41, 5.74) is -0.605. The summed E-state index contributed by atoms with van der Waals surface area (Å²) < 4.78 is 53.1. The van der Waals surface area contributed by atoms with Crippen LogP contribution in [-0.2, 0) is 17.0 Å². The van der Waals surface area contributed by atoms with E-state index in [0.29, 0.717) is 22.4 Å². The first-order valence-electron chi connectivity index (χ1n) is 10.3. The number of hydrogen-bond donors (Lipinski definition) is 1. The van der Waals surface area contributed by atoms with E-state index >= 15 is 0 Å². The zero-order valence-electron chi connectivity index (χ0n) is 17.6. The molecule has 2 heterocycles. The largest absolute Gasteiger partial charge is 0.433 e. The van der Waals surface area contributed by atoms with Crippen LogP contribution in [0.1, 0.15) is 54.8 Å². The fourth-order valence-corrected chi connectivity index (χ4v) is 4.70. The molecule has 32 heavy (non-hydrogen) atoms. The highest BCUT2D eigenvalue weighted by atomic mass is 32.2. The van der Waals surface area contributed by atoms with Gasteiger partial charge < -0.3 is 5.32 Å². The molecule has 1 unspecified atom stereocenters. The molecular formula is C22H23F3N4O2S. The van der Waals surface area contributed by atoms with Crippen molar-refractivity contribution in [2.24, 2.45) is 5.92 Å². The molecule has 1 saturated carbocycles. The lowest BCUT2D eigenvalue weighted by Gasteiger charge is -2.26. The number of halogens is 3. The molecule has 4 rings (SSSR count). The van der Waals surface area contributed by atoms with E-state index < -0.39 is 28.6 Å². The molecule has 1 amide bonds. The molecule has 0 saturated heterocycles. The van der Waals surface area contributed by atoms with Gasteiger partial charge in [0.05, 0.1) is 32.9 Å². The van der Waals surface area contributed by atoms with Gasteiger partial charge in [0.15, 0.2) is 0 Å². The zero-order valence-corrected chi connectivity index (χ0v) is 18.5. The third kappa shape index (κ3) is 4.69. The second kappa shape index (κ2) is 8.65. The van der Waals surface area contributed by atoms with Gasteiger partial charge in [-0.3, -0.25) is 13.7 Å². The topological polar surface area (TPSA) is 76.9 Å². The van der Waals surface area contributed by atoms with Crippen molar-refractivity contribution >= 4 is 33.3 Å². The standard InChI is InChI=1S/C22H23F3N4O2S/c1-13-6-8-15(9-7-13)29-12-14-10-18(19(32(2)31)11-17(14)28-29)27-21(30)16-4-3-5-20(26-16)22(23,24)25/h3-5,10-13,15H,6-9H2,1-2H3,(H,27,30). The average Bonchev–Trinajstić information content (AvgIpc) is 3.16. The van der Waals surface area contributed by atoms with E-state index in [1.807, 2.05) is 10.9 Å². The van der Waals surface area contributed by atoms with Gasteiger partial charge in [-0.25, -0.2) is 4.98 Å². The van der Waals surface area contributed by atoms with Gasteiger partial charge in [-0.1, -0.05) is 13.0 Å². The second-order valence-corrected chi connectivity index (χ2v) is 9.59. The van der Waals surface area contributed by atoms with E-state index in [9.17, 15) is 22.2 Å². The number of nitrogens with zero attached hydrogens (tertiary/aromatic N) is 3. The lowest BCUT2D eigenvalue weighted by atomic mass is 9.87. The molecular weight excluding hydrogens is 441 g/mol. The number of aromatic nitrogens is 3. The fourth-order valence-electron chi connectivity index (χ4n) is 4.01. The molecule has 1 aliphatic carbocycles. The molecule has 10 heteroatoms. The second-order valence-electron chi connectivity index (χ2n) is 8.24. The molecule has 170 valence electrons. The Hall–Kier alpha value is -2.75. The van der Waals surface area contributed by atoms with E-state index in [4.69, 9.17) is 0 Å². The van der Waals surface area contributed by atoms with Crippen molar-refractivity contribution in [1.82, 2.24) is 14.8 Å². The Labute approximate surface area is 185 Å². The van der Waals surface area contributed by atoms with Crippen molar-refractivity contribution in [3.63, 3.8) is 0 Å². The van der Waals surface area contributed by atoms with Crippen LogP contribution in [0.25, 0.3) is 10.9 Å². The predicted molar refractivity (Wildman–Crippen MR) is 116 cm³/mol. The number of alkyl halides is 3. The maximum absolute atomic E-state index is 12.9. The first-order chi connectivity index (χ1) is 15.1. The number of carbonyl (C=O) groups excluding carboxylic acids is 1. The van der Waals surface area contributed by atoms with E-state index in [1.54, 1.807) is 12.1 Å². The average molecular weight is 465 g/mol. The lowest BCUT2D eigenvalue weighted by Crippen LogP contribution is -2.17. The molecule has 2 aromatic heterocycles. The Kier molecular flexibility index (Phi) is 6.07. The van der Waals surface area contributed by atoms with E-state index in [2.05, 4.69) is 22.3 Å². The maximum Gasteiger partial charge on any atom is 0.433 e. The molecule has 0 radical (unpaired) electrons. The highest BCUT2D eigenvalue weighted by Crippen LogP contribution is 2.34. The molecule has 0 aliphatic heterocycles. The molecule has 1 aliphatic rings. The highest BCUT2D eigenvalue weighted by molar-refractivity contribution is 7.84. The number of carbonyl (C=O) groups is 1. The number of amides is 1. The van der Waals surface area contributed by atoms with E-state index in [-0.39, 0.29) is 11.4 Å². The van der Waals surface area contributed by atoms with Gasteiger partial charge in [0.1, 0.15) is 11.4 Å². The quantitative estimate of drug-likeness (QED) is 0.576. The number of fused-ring (bicyclic) bond motifs is 1. The van der Waals surface area contributed by atoms with Crippen molar-refractivity contribution in [1.29, 1.82) is 0 Å². The minimum atomic E-state index is -4.66. The Morgan fingerprint density at radius 1 is 1.19 bits per heavy atom. The minimum absolute atomic E-state index is 0.263. The van der Waals surface area contributed by atoms with Gasteiger partial charge in [0, 0.05) is 17.8 Å². The van der Waals surface area contributed by atoms with Crippen LogP contribution >= 0.6 is 0 Å². The van der Waals surface area contributed by atoms with E-state index in [1.165, 1.54) is 12.3 Å². The summed E-state index contributed by atoms with van der Waals surface area (Å²) in [7, 11) is -1.45. The van der Waals surface area contributed by atoms with Crippen LogP contribution in [0.15, 0.2) is 41.4 Å². The molecule has 1 N–H and O–H groups in total. The number of nitrogens with one attached hydrogen (secondary N) is 1. The number of benzene rings is 1. The highest BCUT2D eigenvalue weighted by Gasteiger charge is 2.33. The number of hydrogen-bond acceptors (Lipinski definition) is 4. The fraction of sp³-hybridized carbons (Fsp3) is 0.409. The normalized spacial score (nSPS) is 20.3. The number of anilines is 1. The molecule has 1 atom stereocenters. The summed E-state index contributed by atoms with van der Waals surface area (Å²) in [6.07, 6.45) is 3.05. The van der Waals surface area contributed by atoms with Crippen molar-refractivity contribution in [2.45, 2.75) is 49.7 Å². The first-order valence-corrected chi connectivity index (χ1v) is 11.9. The first kappa shape index (κ1) is 22.4. The van der Waals surface area contributed by atoms with Crippen molar-refractivity contribution in [3.8, 4) is 0 Å². The summed E-state index contributed by atoms with van der Waals surface area (Å²) in [4.78, 5) is 16.4. The van der Waals surface area contributed by atoms with E-state index in [0.717, 1.165) is 43.2 Å². The van der Waals surface area contributed by atoms with Crippen molar-refractivity contribution in [3.05, 3.63) is 47.9 Å². The van der Waals surface area contributed by atoms with Crippen LogP contribution in [0.3, 0.4) is 0 Å². The SMILES string of the molecule is CC1CCC(n2cc3cc(NC(=O)c4cccc(C(F)(F)F)n4)c(S(C)=O)cc3n2)CC1. The van der Waals surface area contributed by atoms with Crippen LogP contribution in [0, 0.1) is 5.92 Å². The molecule has 0 bridgehead atoms. The molecule has 1 fully saturated rings. The lowest BCUT2D eigenvalue weighted by molar-refractivity contribution is -0.141. The van der Waals surface area contributed by atoms with Gasteiger partial charge in [-0.2, -0.15) is 18.3 Å². The summed E-state index contributed by atoms with van der Waals surface area (Å²) in [6.45, 7) is 2.24. The van der Waals surface area contributed by atoms with Gasteiger partial charge >= 0.3 is 6.18 Å². The minimum Gasteiger partial charge on any atom is -0.320 e. The predicted octanol–water partition coefficient (Wildman–Crippen LogP) is 5.19. The van der Waals surface area contributed by atoms with Crippen molar-refractivity contribution in [2.75, 3.05) is 11.6 Å². The molecule has 1 aromatic carbocycles. The third-order valence-electron chi connectivity index (χ3n) is 5.81. The van der Waals surface area contributed by atoms with Crippen LogP contribution in [-0.4, -0.2) is 31.1 Å². The van der Waals surface area contributed by atoms with Crippen molar-refractivity contribution < 1.29 is 22.2 Å². The smallest absolute Gasteiger partial charge is 0.320 e. The number of pyridine rings is 1. The summed E-state index contributed by atoms with van der Waals surface area (Å²) >= 11 is 0. The monoisotopic (exact) mass is 464 g/mol. The Morgan fingerprint density at radius 3 is 2.56 bits per heavy atom. The van der Waals surface area contributed by atoms with Crippen LogP contribution in [0.2, 0.25) is 0 Å². The van der Waals surface area contributed by atoms with Gasteiger partial charge in [-0.05, 0) is 55.9 Å². The van der Waals surface area contributed by atoms with Crippen LogP contribution in [0.4, 0.5) is 18.9 Å². The molecule has 0 spiro atoms. The van der Waals surface area contributed by atoms with Gasteiger partial charge in [0.25, 0.3) is 5.91 Å². The third-order valence-corrected chi connectivity index (χ3v) is 6.77. The number of rotatable bonds is 4. The Balaban J connectivity index is 1.65. The maximum atomic E-state index is 12.9. The van der Waals surface area contributed by atoms with Gasteiger partial charge in [0.2, 0.25) is 0 Å². The summed E-state index contributed by atoms with van der Waals surface area (Å²) in [6, 6.07) is 6.74. The summed E-state index contributed by atoms with van der Waals surface area (Å²) in [5.74, 6) is -0.104. The van der Waals surface area contributed by atoms with Gasteiger partial charge in [-0.15, -0.1) is 0 Å². The Bertz CT molecular complexity index is 1180. The summed E-state index contributed by atoms with van der Waals surface area (Å²) in [5, 5.41) is 7.98. The van der Waals surface area contributed by atoms with Crippen LogP contribution in [0.5, 0.6) is 0 Å². The Morgan fingerprint density at radius 2 is 1.91 bits per heavy atom. The zero-order chi connectivity index (χ0) is 23.0. The van der Waals surface area contributed by atoms with Crippen LogP contribution < -0.4 is 5.32 Å². The molecule has 3 aromatic rings.